The number of benzene rings is 1. The minimum atomic E-state index is -1.03. The number of hydrogen-bond donors (Lipinski definition) is 2. The lowest BCUT2D eigenvalue weighted by Crippen LogP contribution is -2.33. The molecule has 0 radical (unpaired) electrons. The largest absolute Gasteiger partial charge is 0.395 e. The molecule has 2 unspecified atom stereocenters. The van der Waals surface area contributed by atoms with Crippen molar-refractivity contribution < 1.29 is 18.5 Å². The Morgan fingerprint density at radius 2 is 2.24 bits per heavy atom. The zero-order chi connectivity index (χ0) is 15.8. The lowest BCUT2D eigenvalue weighted by Gasteiger charge is -2.11. The van der Waals surface area contributed by atoms with E-state index in [-0.39, 0.29) is 41.9 Å². The highest BCUT2D eigenvalue weighted by atomic mass is 32.2. The van der Waals surface area contributed by atoms with Gasteiger partial charge >= 0.3 is 0 Å². The van der Waals surface area contributed by atoms with Crippen LogP contribution >= 0.6 is 0 Å². The summed E-state index contributed by atoms with van der Waals surface area (Å²) in [5.41, 5.74) is 0.530. The van der Waals surface area contributed by atoms with Gasteiger partial charge in [0, 0.05) is 40.8 Å². The molecule has 21 heavy (non-hydrogen) atoms. The molecule has 1 amide bonds. The molecule has 1 rings (SSSR count). The third-order valence-electron chi connectivity index (χ3n) is 2.80. The van der Waals surface area contributed by atoms with Crippen LogP contribution in [-0.2, 0) is 10.8 Å². The Morgan fingerprint density at radius 1 is 1.52 bits per heavy atom. The molecule has 6 heteroatoms. The second kappa shape index (κ2) is 8.55. The minimum Gasteiger partial charge on any atom is -0.395 e. The fourth-order valence-electron chi connectivity index (χ4n) is 1.48. The van der Waals surface area contributed by atoms with Crippen LogP contribution in [-0.4, -0.2) is 39.9 Å². The van der Waals surface area contributed by atoms with Gasteiger partial charge in [-0.25, -0.2) is 4.39 Å². The SMILES string of the molecule is CC(CNC(=O)c1ccc(F)cc1C#CCCO)S(C)=O. The van der Waals surface area contributed by atoms with Crippen molar-refractivity contribution in [3.63, 3.8) is 0 Å². The summed E-state index contributed by atoms with van der Waals surface area (Å²) in [4.78, 5) is 12.1. The number of amides is 1. The molecule has 4 nitrogen and oxygen atoms in total. The van der Waals surface area contributed by atoms with Crippen LogP contribution in [0.1, 0.15) is 29.3 Å². The first-order valence-corrected chi connectivity index (χ1v) is 8.07. The van der Waals surface area contributed by atoms with Crippen molar-refractivity contribution in [1.82, 2.24) is 5.32 Å². The third kappa shape index (κ3) is 5.66. The van der Waals surface area contributed by atoms with Crippen molar-refractivity contribution in [1.29, 1.82) is 0 Å². The van der Waals surface area contributed by atoms with Crippen molar-refractivity contribution in [2.45, 2.75) is 18.6 Å². The Bertz CT molecular complexity index is 592. The van der Waals surface area contributed by atoms with E-state index in [1.165, 1.54) is 18.2 Å². The summed E-state index contributed by atoms with van der Waals surface area (Å²) in [6.45, 7) is 1.94. The normalized spacial score (nSPS) is 13.0. The number of carbonyl (C=O) groups excluding carboxylic acids is 1. The first-order chi connectivity index (χ1) is 9.95. The standard InChI is InChI=1S/C15H18FNO3S/c1-11(21(2)20)10-17-15(19)14-7-6-13(16)9-12(14)5-3-4-8-18/h6-7,9,11,18H,4,8,10H2,1-2H3,(H,17,19). The Morgan fingerprint density at radius 3 is 2.86 bits per heavy atom. The number of rotatable bonds is 5. The highest BCUT2D eigenvalue weighted by molar-refractivity contribution is 7.84. The molecule has 0 heterocycles. The molecule has 114 valence electrons. The summed E-state index contributed by atoms with van der Waals surface area (Å²) in [6, 6.07) is 3.73. The summed E-state index contributed by atoms with van der Waals surface area (Å²) < 4.78 is 24.5. The summed E-state index contributed by atoms with van der Waals surface area (Å²) in [5, 5.41) is 11.2. The van der Waals surface area contributed by atoms with Crippen molar-refractivity contribution in [3.8, 4) is 11.8 Å². The molecule has 2 N–H and O–H groups in total. The van der Waals surface area contributed by atoms with E-state index in [1.54, 1.807) is 13.2 Å². The van der Waals surface area contributed by atoms with Crippen LogP contribution < -0.4 is 5.32 Å². The van der Waals surface area contributed by atoms with Crippen molar-refractivity contribution in [2.24, 2.45) is 0 Å². The molecule has 0 fully saturated rings. The summed E-state index contributed by atoms with van der Waals surface area (Å²) in [7, 11) is -1.03. The van der Waals surface area contributed by atoms with E-state index in [0.29, 0.717) is 0 Å². The van der Waals surface area contributed by atoms with Crippen LogP contribution in [0.5, 0.6) is 0 Å². The van der Waals surface area contributed by atoms with E-state index in [2.05, 4.69) is 17.2 Å². The molecule has 0 spiro atoms. The number of halogens is 1. The molecule has 0 saturated heterocycles. The van der Waals surface area contributed by atoms with Gasteiger partial charge in [-0.15, -0.1) is 0 Å². The maximum absolute atomic E-state index is 13.3. The average molecular weight is 311 g/mol. The van der Waals surface area contributed by atoms with Crippen LogP contribution in [0.2, 0.25) is 0 Å². The second-order valence-electron chi connectivity index (χ2n) is 4.48. The lowest BCUT2D eigenvalue weighted by molar-refractivity contribution is 0.0954. The topological polar surface area (TPSA) is 66.4 Å². The Balaban J connectivity index is 2.89. The average Bonchev–Trinajstić information content (AvgIpc) is 2.44. The maximum Gasteiger partial charge on any atom is 0.252 e. The number of nitrogens with one attached hydrogen (secondary N) is 1. The number of aliphatic hydroxyl groups is 1. The number of aliphatic hydroxyl groups excluding tert-OH is 1. The zero-order valence-corrected chi connectivity index (χ0v) is 12.8. The van der Waals surface area contributed by atoms with Gasteiger partial charge < -0.3 is 10.4 Å². The van der Waals surface area contributed by atoms with Crippen LogP contribution in [0.15, 0.2) is 18.2 Å². The van der Waals surface area contributed by atoms with Crippen molar-refractivity contribution >= 4 is 16.7 Å². The number of hydrogen-bond acceptors (Lipinski definition) is 3. The van der Waals surface area contributed by atoms with Crippen molar-refractivity contribution in [2.75, 3.05) is 19.4 Å². The van der Waals surface area contributed by atoms with Crippen LogP contribution in [0.3, 0.4) is 0 Å². The van der Waals surface area contributed by atoms with Gasteiger partial charge in [0.2, 0.25) is 0 Å². The van der Waals surface area contributed by atoms with Gasteiger partial charge in [0.1, 0.15) is 5.82 Å². The first kappa shape index (κ1) is 17.3. The van der Waals surface area contributed by atoms with Gasteiger partial charge in [0.25, 0.3) is 5.91 Å². The van der Waals surface area contributed by atoms with Gasteiger partial charge in [-0.1, -0.05) is 11.8 Å². The summed E-state index contributed by atoms with van der Waals surface area (Å²) >= 11 is 0. The van der Waals surface area contributed by atoms with E-state index in [9.17, 15) is 13.4 Å². The number of carbonyl (C=O) groups is 1. The summed E-state index contributed by atoms with van der Waals surface area (Å²) in [6.07, 6.45) is 1.82. The quantitative estimate of drug-likeness (QED) is 0.799. The van der Waals surface area contributed by atoms with E-state index < -0.39 is 16.6 Å². The van der Waals surface area contributed by atoms with Gasteiger partial charge in [-0.05, 0) is 25.1 Å². The minimum absolute atomic E-state index is 0.0936. The maximum atomic E-state index is 13.3. The van der Waals surface area contributed by atoms with Gasteiger partial charge in [-0.3, -0.25) is 9.00 Å². The molecular weight excluding hydrogens is 293 g/mol. The smallest absolute Gasteiger partial charge is 0.252 e. The highest BCUT2D eigenvalue weighted by Crippen LogP contribution is 2.10. The van der Waals surface area contributed by atoms with Gasteiger partial charge in [-0.2, -0.15) is 0 Å². The molecule has 1 aromatic carbocycles. The monoisotopic (exact) mass is 311 g/mol. The third-order valence-corrected chi connectivity index (χ3v) is 4.10. The fraction of sp³-hybridized carbons (Fsp3) is 0.400. The molecular formula is C15H18FNO3S. The van der Waals surface area contributed by atoms with Gasteiger partial charge in [0.15, 0.2) is 0 Å². The van der Waals surface area contributed by atoms with E-state index in [4.69, 9.17) is 5.11 Å². The Hall–Kier alpha value is -1.71. The Labute approximate surface area is 126 Å². The lowest BCUT2D eigenvalue weighted by atomic mass is 10.1. The molecule has 2 atom stereocenters. The molecule has 0 aliphatic heterocycles. The second-order valence-corrected chi connectivity index (χ2v) is 6.29. The van der Waals surface area contributed by atoms with Crippen LogP contribution in [0.4, 0.5) is 4.39 Å². The Kier molecular flexibility index (Phi) is 7.06. The predicted octanol–water partition coefficient (Wildman–Crippen LogP) is 1.06. The zero-order valence-electron chi connectivity index (χ0n) is 12.0. The molecule has 0 saturated carbocycles. The molecule has 1 aromatic rings. The van der Waals surface area contributed by atoms with E-state index >= 15 is 0 Å². The van der Waals surface area contributed by atoms with E-state index in [1.807, 2.05) is 0 Å². The first-order valence-electron chi connectivity index (χ1n) is 6.45. The van der Waals surface area contributed by atoms with Crippen LogP contribution in [0, 0.1) is 17.7 Å². The predicted molar refractivity (Wildman–Crippen MR) is 80.8 cm³/mol. The molecule has 0 aromatic heterocycles. The molecule has 0 aliphatic rings. The molecule has 0 bridgehead atoms. The summed E-state index contributed by atoms with van der Waals surface area (Å²) in [5.74, 6) is 4.47. The fourth-order valence-corrected chi connectivity index (χ4v) is 1.80. The highest BCUT2D eigenvalue weighted by Gasteiger charge is 2.13. The van der Waals surface area contributed by atoms with Crippen LogP contribution in [0.25, 0.3) is 0 Å². The van der Waals surface area contributed by atoms with Crippen molar-refractivity contribution in [3.05, 3.63) is 35.1 Å². The van der Waals surface area contributed by atoms with E-state index in [0.717, 1.165) is 0 Å². The van der Waals surface area contributed by atoms with Gasteiger partial charge in [0.05, 0.1) is 12.2 Å². The molecule has 0 aliphatic carbocycles.